The summed E-state index contributed by atoms with van der Waals surface area (Å²) < 4.78 is 10.8. The standard InChI is InChI=1S/C41H49Cl2N9O5/c1-3-57-37(53)27-50-19-21-51(22-20-50)39(55)46-41(31-5-4-14-44-25-31)12-16-49(17-13-41)15-10-40(30-7-8-33(42)34(43)24-30)11-18-52(28-40)38(54)32-23-29(6-9-36(32)56-2)35-26-45-48-47-35/h4-9,14,23-26H,3,10-13,15-22,27-28H2,1-2H3,(H,46,55)(H,45,47,48). The highest BCUT2D eigenvalue weighted by atomic mass is 35.5. The van der Waals surface area contributed by atoms with Gasteiger partial charge in [-0.05, 0) is 86.7 Å². The maximum Gasteiger partial charge on any atom is 0.320 e. The van der Waals surface area contributed by atoms with Crippen LogP contribution in [0.5, 0.6) is 5.75 Å². The van der Waals surface area contributed by atoms with Crippen LogP contribution in [-0.2, 0) is 20.5 Å². The number of hydrogen-bond acceptors (Lipinski definition) is 10. The zero-order valence-electron chi connectivity index (χ0n) is 32.4. The molecule has 2 N–H and O–H groups in total. The number of H-pyrrole nitrogens is 1. The highest BCUT2D eigenvalue weighted by molar-refractivity contribution is 6.42. The monoisotopic (exact) mass is 817 g/mol. The first kappa shape index (κ1) is 40.4. The Morgan fingerprint density at radius 3 is 2.37 bits per heavy atom. The summed E-state index contributed by atoms with van der Waals surface area (Å²) in [6, 6.07) is 15.1. The minimum Gasteiger partial charge on any atom is -0.496 e. The van der Waals surface area contributed by atoms with Crippen molar-refractivity contribution in [3.05, 3.63) is 93.9 Å². The molecule has 57 heavy (non-hydrogen) atoms. The molecule has 14 nitrogen and oxygen atoms in total. The number of halogens is 2. The number of esters is 1. The van der Waals surface area contributed by atoms with E-state index in [1.165, 1.54) is 0 Å². The largest absolute Gasteiger partial charge is 0.496 e. The highest BCUT2D eigenvalue weighted by Gasteiger charge is 2.44. The maximum atomic E-state index is 14.3. The molecule has 3 aliphatic rings. The van der Waals surface area contributed by atoms with Gasteiger partial charge in [0.1, 0.15) is 11.4 Å². The quantitative estimate of drug-likeness (QED) is 0.182. The van der Waals surface area contributed by atoms with E-state index in [9.17, 15) is 14.4 Å². The molecule has 7 rings (SSSR count). The maximum absolute atomic E-state index is 14.3. The van der Waals surface area contributed by atoms with Crippen LogP contribution in [0.2, 0.25) is 10.0 Å². The summed E-state index contributed by atoms with van der Waals surface area (Å²) in [7, 11) is 1.57. The van der Waals surface area contributed by atoms with Gasteiger partial charge < -0.3 is 29.5 Å². The van der Waals surface area contributed by atoms with E-state index in [2.05, 4.69) is 30.6 Å². The van der Waals surface area contributed by atoms with Gasteiger partial charge in [0.05, 0.1) is 47.6 Å². The van der Waals surface area contributed by atoms with E-state index in [-0.39, 0.29) is 29.9 Å². The molecule has 0 bridgehead atoms. The number of benzene rings is 2. The summed E-state index contributed by atoms with van der Waals surface area (Å²) in [5, 5.41) is 15.2. The van der Waals surface area contributed by atoms with Crippen LogP contribution in [0, 0.1) is 0 Å². The molecule has 3 fully saturated rings. The van der Waals surface area contributed by atoms with Crippen molar-refractivity contribution in [2.45, 2.75) is 43.6 Å². The molecule has 16 heteroatoms. The first-order valence-electron chi connectivity index (χ1n) is 19.5. The molecular formula is C41H49Cl2N9O5. The van der Waals surface area contributed by atoms with Crippen molar-refractivity contribution in [3.63, 3.8) is 0 Å². The van der Waals surface area contributed by atoms with Gasteiger partial charge in [-0.25, -0.2) is 4.79 Å². The van der Waals surface area contributed by atoms with E-state index >= 15 is 0 Å². The van der Waals surface area contributed by atoms with E-state index in [0.717, 1.165) is 49.2 Å². The number of carbonyl (C=O) groups is 3. The highest BCUT2D eigenvalue weighted by Crippen LogP contribution is 2.42. The number of amides is 3. The number of nitrogens with one attached hydrogen (secondary N) is 2. The summed E-state index contributed by atoms with van der Waals surface area (Å²) in [6.07, 6.45) is 8.17. The summed E-state index contributed by atoms with van der Waals surface area (Å²) in [5.74, 6) is 0.132. The van der Waals surface area contributed by atoms with E-state index < -0.39 is 5.54 Å². The zero-order chi connectivity index (χ0) is 40.0. The van der Waals surface area contributed by atoms with Crippen LogP contribution in [-0.4, -0.2) is 137 Å². The topological polar surface area (TPSA) is 149 Å². The number of nitrogens with zero attached hydrogens (tertiary/aromatic N) is 7. The number of urea groups is 1. The van der Waals surface area contributed by atoms with Crippen LogP contribution >= 0.6 is 23.2 Å². The SMILES string of the molecule is CCOC(=O)CN1CCN(C(=O)NC2(c3cccnc3)CCN(CCC3(c4ccc(Cl)c(Cl)c4)CCN(C(=O)c4cc(-c5cn[nH]n5)ccc4OC)C3)CC2)CC1. The second kappa shape index (κ2) is 17.8. The lowest BCUT2D eigenvalue weighted by Gasteiger charge is -2.45. The molecule has 0 aliphatic carbocycles. The number of aromatic amines is 1. The van der Waals surface area contributed by atoms with Gasteiger partial charge in [-0.2, -0.15) is 15.4 Å². The van der Waals surface area contributed by atoms with Gasteiger partial charge in [0.25, 0.3) is 5.91 Å². The Morgan fingerprint density at radius 1 is 0.877 bits per heavy atom. The van der Waals surface area contributed by atoms with Gasteiger partial charge in [0.15, 0.2) is 0 Å². The molecular weight excluding hydrogens is 769 g/mol. The predicted octanol–water partition coefficient (Wildman–Crippen LogP) is 5.24. The van der Waals surface area contributed by atoms with Gasteiger partial charge in [0, 0.05) is 75.7 Å². The van der Waals surface area contributed by atoms with Crippen molar-refractivity contribution in [1.29, 1.82) is 0 Å². The Balaban J connectivity index is 1.04. The number of ether oxygens (including phenoxy) is 2. The van der Waals surface area contributed by atoms with Crippen LogP contribution < -0.4 is 10.1 Å². The first-order valence-corrected chi connectivity index (χ1v) is 20.2. The molecule has 0 saturated carbocycles. The summed E-state index contributed by atoms with van der Waals surface area (Å²) in [5.41, 5.74) is 2.94. The minimum absolute atomic E-state index is 0.111. The van der Waals surface area contributed by atoms with Crippen molar-refractivity contribution in [3.8, 4) is 17.0 Å². The summed E-state index contributed by atoms with van der Waals surface area (Å²) in [4.78, 5) is 52.7. The second-order valence-corrected chi connectivity index (χ2v) is 15.9. The molecule has 2 aromatic carbocycles. The van der Waals surface area contributed by atoms with Crippen molar-refractivity contribution in [2.24, 2.45) is 0 Å². The van der Waals surface area contributed by atoms with Crippen molar-refractivity contribution in [1.82, 2.24) is 45.3 Å². The number of rotatable bonds is 12. The van der Waals surface area contributed by atoms with Gasteiger partial charge in [-0.15, -0.1) is 0 Å². The number of piperazine rings is 1. The lowest BCUT2D eigenvalue weighted by Crippen LogP contribution is -2.59. The fraction of sp³-hybridized carbons (Fsp3) is 0.463. The molecule has 1 unspecified atom stereocenters. The molecule has 5 heterocycles. The molecule has 0 spiro atoms. The lowest BCUT2D eigenvalue weighted by molar-refractivity contribution is -0.144. The third kappa shape index (κ3) is 9.04. The van der Waals surface area contributed by atoms with Gasteiger partial charge in [0.2, 0.25) is 0 Å². The number of aromatic nitrogens is 4. The Labute approximate surface area is 342 Å². The van der Waals surface area contributed by atoms with Crippen LogP contribution in [0.4, 0.5) is 4.79 Å². The molecule has 3 aliphatic heterocycles. The molecule has 3 saturated heterocycles. The van der Waals surface area contributed by atoms with Crippen molar-refractivity contribution in [2.75, 3.05) is 79.2 Å². The number of piperidine rings is 1. The average molecular weight is 819 g/mol. The molecule has 1 atom stereocenters. The van der Waals surface area contributed by atoms with Crippen molar-refractivity contribution >= 4 is 41.1 Å². The third-order valence-electron chi connectivity index (χ3n) is 11.8. The van der Waals surface area contributed by atoms with Crippen LogP contribution in [0.3, 0.4) is 0 Å². The van der Waals surface area contributed by atoms with E-state index in [0.29, 0.717) is 85.8 Å². The number of carbonyl (C=O) groups excluding carboxylic acids is 3. The van der Waals surface area contributed by atoms with Crippen LogP contribution in [0.25, 0.3) is 11.3 Å². The van der Waals surface area contributed by atoms with Crippen LogP contribution in [0.15, 0.2) is 67.1 Å². The minimum atomic E-state index is -0.582. The Bertz CT molecular complexity index is 2020. The fourth-order valence-electron chi connectivity index (χ4n) is 8.45. The second-order valence-electron chi connectivity index (χ2n) is 15.1. The van der Waals surface area contributed by atoms with Crippen molar-refractivity contribution < 1.29 is 23.9 Å². The average Bonchev–Trinajstić information content (AvgIpc) is 3.94. The third-order valence-corrected chi connectivity index (χ3v) is 12.5. The van der Waals surface area contributed by atoms with Gasteiger partial charge >= 0.3 is 12.0 Å². The molecule has 2 aromatic heterocycles. The number of methoxy groups -OCH3 is 1. The fourth-order valence-corrected chi connectivity index (χ4v) is 8.74. The Hall–Kier alpha value is -4.76. The van der Waals surface area contributed by atoms with Crippen LogP contribution in [0.1, 0.15) is 54.1 Å². The zero-order valence-corrected chi connectivity index (χ0v) is 33.9. The normalized spacial score (nSPS) is 20.0. The van der Waals surface area contributed by atoms with E-state index in [1.807, 2.05) is 63.4 Å². The van der Waals surface area contributed by atoms with Gasteiger partial charge in [-0.3, -0.25) is 19.5 Å². The van der Waals surface area contributed by atoms with E-state index in [1.54, 1.807) is 32.5 Å². The molecule has 3 amide bonds. The lowest BCUT2D eigenvalue weighted by atomic mass is 9.76. The number of hydrogen-bond donors (Lipinski definition) is 2. The first-order chi connectivity index (χ1) is 27.6. The summed E-state index contributed by atoms with van der Waals surface area (Å²) >= 11 is 13.0. The summed E-state index contributed by atoms with van der Waals surface area (Å²) in [6.45, 7) is 7.99. The molecule has 302 valence electrons. The van der Waals surface area contributed by atoms with E-state index in [4.69, 9.17) is 32.7 Å². The Kier molecular flexibility index (Phi) is 12.6. The van der Waals surface area contributed by atoms with Gasteiger partial charge in [-0.1, -0.05) is 35.3 Å². The molecule has 4 aromatic rings. The number of pyridine rings is 1. The Morgan fingerprint density at radius 2 is 1.68 bits per heavy atom. The number of likely N-dealkylation sites (tertiary alicyclic amines) is 2. The molecule has 0 radical (unpaired) electrons. The smallest absolute Gasteiger partial charge is 0.320 e. The predicted molar refractivity (Wildman–Crippen MR) is 216 cm³/mol.